The van der Waals surface area contributed by atoms with Crippen LogP contribution < -0.4 is 0 Å². The van der Waals surface area contributed by atoms with Gasteiger partial charge >= 0.3 is 0 Å². The van der Waals surface area contributed by atoms with Crippen molar-refractivity contribution in [3.05, 3.63) is 23.0 Å². The molecule has 0 saturated heterocycles. The van der Waals surface area contributed by atoms with E-state index in [0.29, 0.717) is 16.6 Å². The molecule has 0 aromatic heterocycles. The van der Waals surface area contributed by atoms with E-state index in [1.165, 1.54) is 0 Å². The third-order valence-electron chi connectivity index (χ3n) is 1.41. The van der Waals surface area contributed by atoms with Crippen LogP contribution in [0.25, 0.3) is 0 Å². The van der Waals surface area contributed by atoms with E-state index >= 15 is 0 Å². The lowest BCUT2D eigenvalue weighted by molar-refractivity contribution is -0.109. The Morgan fingerprint density at radius 3 is 3.00 bits per heavy atom. The molecular formula is C6H2N3OSi. The quantitative estimate of drug-likeness (QED) is 0.372. The second kappa shape index (κ2) is 2.06. The summed E-state index contributed by atoms with van der Waals surface area (Å²) in [5, 5.41) is 11.1. The monoisotopic (exact) mass is 160 g/mol. The molecule has 5 heteroatoms. The third-order valence-corrected chi connectivity index (χ3v) is 1.80. The van der Waals surface area contributed by atoms with Gasteiger partial charge in [0.15, 0.2) is 5.71 Å². The Hall–Kier alpha value is -1.36. The zero-order valence-corrected chi connectivity index (χ0v) is 6.40. The second-order valence-corrected chi connectivity index (χ2v) is 2.64. The van der Waals surface area contributed by atoms with Crippen LogP contribution in [0, 0.1) is 0 Å². The number of carbonyl (C=O) groups excluding carboxylic acids is 1. The first-order valence-electron chi connectivity index (χ1n) is 2.96. The van der Waals surface area contributed by atoms with Crippen LogP contribution in [0.4, 0.5) is 0 Å². The summed E-state index contributed by atoms with van der Waals surface area (Å²) in [6, 6.07) is 0. The molecule has 0 spiro atoms. The zero-order valence-electron chi connectivity index (χ0n) is 5.40. The number of hydrogen-bond donors (Lipinski definition) is 0. The molecule has 1 heterocycles. The van der Waals surface area contributed by atoms with Crippen molar-refractivity contribution in [1.29, 1.82) is 0 Å². The molecule has 4 nitrogen and oxygen atoms in total. The summed E-state index contributed by atoms with van der Waals surface area (Å²) in [5.41, 5.74) is 0.856. The van der Waals surface area contributed by atoms with Crippen LogP contribution in [-0.4, -0.2) is 21.7 Å². The van der Waals surface area contributed by atoms with Gasteiger partial charge in [0.05, 0.1) is 10.2 Å². The summed E-state index contributed by atoms with van der Waals surface area (Å²) in [4.78, 5) is 11.2. The minimum atomic E-state index is -0.163. The number of nitrogens with zero attached hydrogens (tertiary/aromatic N) is 3. The summed E-state index contributed by atoms with van der Waals surface area (Å²) >= 11 is 0. The third kappa shape index (κ3) is 0.813. The molecule has 3 radical (unpaired) electrons. The van der Waals surface area contributed by atoms with Crippen LogP contribution in [0.15, 0.2) is 38.5 Å². The SMILES string of the molecule is O=C1C([Si])=CC=C2N=NN=C12. The zero-order chi connectivity index (χ0) is 7.84. The van der Waals surface area contributed by atoms with Gasteiger partial charge in [-0.2, -0.15) is 0 Å². The van der Waals surface area contributed by atoms with E-state index in [1.54, 1.807) is 12.2 Å². The summed E-state index contributed by atoms with van der Waals surface area (Å²) < 4.78 is 0. The van der Waals surface area contributed by atoms with Gasteiger partial charge in [0.2, 0.25) is 5.78 Å². The van der Waals surface area contributed by atoms with Crippen molar-refractivity contribution in [2.75, 3.05) is 0 Å². The van der Waals surface area contributed by atoms with Crippen molar-refractivity contribution in [1.82, 2.24) is 0 Å². The van der Waals surface area contributed by atoms with Crippen molar-refractivity contribution in [2.45, 2.75) is 0 Å². The Bertz CT molecular complexity index is 351. The minimum absolute atomic E-state index is 0.163. The van der Waals surface area contributed by atoms with Crippen molar-refractivity contribution in [3.63, 3.8) is 0 Å². The van der Waals surface area contributed by atoms with Gasteiger partial charge in [-0.15, -0.1) is 10.2 Å². The van der Waals surface area contributed by atoms with E-state index in [0.717, 1.165) is 0 Å². The number of Topliss-reactive ketones (excluding diaryl/α,β-unsaturated/α-hetero) is 1. The Labute approximate surface area is 65.8 Å². The van der Waals surface area contributed by atoms with Gasteiger partial charge in [0, 0.05) is 0 Å². The fourth-order valence-corrected chi connectivity index (χ4v) is 1.06. The lowest BCUT2D eigenvalue weighted by Gasteiger charge is -2.03. The average Bonchev–Trinajstić information content (AvgIpc) is 2.45. The highest BCUT2D eigenvalue weighted by Gasteiger charge is 2.24. The highest BCUT2D eigenvalue weighted by molar-refractivity contribution is 6.61. The highest BCUT2D eigenvalue weighted by atomic mass is 28.1. The van der Waals surface area contributed by atoms with E-state index in [2.05, 4.69) is 25.7 Å². The van der Waals surface area contributed by atoms with Gasteiger partial charge in [-0.3, -0.25) is 4.79 Å². The predicted molar refractivity (Wildman–Crippen MR) is 39.2 cm³/mol. The molecule has 1 aliphatic heterocycles. The number of fused-ring (bicyclic) bond motifs is 1. The van der Waals surface area contributed by atoms with Crippen LogP contribution in [0.3, 0.4) is 0 Å². The molecule has 1 aliphatic carbocycles. The van der Waals surface area contributed by atoms with Crippen LogP contribution in [0.2, 0.25) is 0 Å². The number of ketones is 1. The van der Waals surface area contributed by atoms with Crippen molar-refractivity contribution in [3.8, 4) is 0 Å². The van der Waals surface area contributed by atoms with Gasteiger partial charge < -0.3 is 0 Å². The molecule has 11 heavy (non-hydrogen) atoms. The van der Waals surface area contributed by atoms with Gasteiger partial charge in [-0.25, -0.2) is 0 Å². The largest absolute Gasteiger partial charge is 0.288 e. The van der Waals surface area contributed by atoms with Crippen LogP contribution in [0.5, 0.6) is 0 Å². The molecule has 2 aliphatic rings. The number of hydrogen-bond acceptors (Lipinski definition) is 4. The first kappa shape index (κ1) is 6.35. The fourth-order valence-electron chi connectivity index (χ4n) is 0.853. The fraction of sp³-hybridized carbons (Fsp3) is 0. The maximum absolute atomic E-state index is 11.2. The van der Waals surface area contributed by atoms with E-state index in [-0.39, 0.29) is 5.78 Å². The number of rotatable bonds is 0. The van der Waals surface area contributed by atoms with E-state index in [9.17, 15) is 4.79 Å². The number of carbonyl (C=O) groups is 1. The summed E-state index contributed by atoms with van der Waals surface area (Å²) in [5.74, 6) is -0.163. The Kier molecular flexibility index (Phi) is 1.19. The van der Waals surface area contributed by atoms with E-state index in [1.807, 2.05) is 0 Å². The molecule has 0 fully saturated rings. The van der Waals surface area contributed by atoms with Gasteiger partial charge in [-0.05, 0) is 16.5 Å². The maximum atomic E-state index is 11.2. The smallest absolute Gasteiger partial charge is 0.206 e. The van der Waals surface area contributed by atoms with Crippen molar-refractivity contribution >= 4 is 21.7 Å². The molecule has 0 amide bonds. The Balaban J connectivity index is 2.54. The summed E-state index contributed by atoms with van der Waals surface area (Å²) in [6.07, 6.45) is 3.33. The van der Waals surface area contributed by atoms with Crippen molar-refractivity contribution < 1.29 is 4.79 Å². The predicted octanol–water partition coefficient (Wildman–Crippen LogP) is 0.327. The van der Waals surface area contributed by atoms with Crippen LogP contribution in [-0.2, 0) is 4.79 Å². The van der Waals surface area contributed by atoms with Gasteiger partial charge in [0.1, 0.15) is 5.70 Å². The molecule has 0 aromatic carbocycles. The molecular weight excluding hydrogens is 158 g/mol. The lowest BCUT2D eigenvalue weighted by atomic mass is 10.1. The summed E-state index contributed by atoms with van der Waals surface area (Å²) in [7, 11) is 3.14. The molecule has 0 aromatic rings. The Morgan fingerprint density at radius 2 is 2.18 bits per heavy atom. The minimum Gasteiger partial charge on any atom is -0.288 e. The van der Waals surface area contributed by atoms with Crippen LogP contribution in [0.1, 0.15) is 0 Å². The first-order valence-corrected chi connectivity index (χ1v) is 3.46. The normalized spacial score (nSPS) is 20.8. The molecule has 0 bridgehead atoms. The van der Waals surface area contributed by atoms with Gasteiger partial charge in [0.25, 0.3) is 0 Å². The van der Waals surface area contributed by atoms with Crippen LogP contribution >= 0.6 is 0 Å². The van der Waals surface area contributed by atoms with E-state index in [4.69, 9.17) is 0 Å². The molecule has 2 rings (SSSR count). The highest BCUT2D eigenvalue weighted by Crippen LogP contribution is 2.17. The maximum Gasteiger partial charge on any atom is 0.206 e. The molecule has 0 N–H and O–H groups in total. The Morgan fingerprint density at radius 1 is 1.36 bits per heavy atom. The molecule has 0 saturated carbocycles. The van der Waals surface area contributed by atoms with E-state index < -0.39 is 0 Å². The second-order valence-electron chi connectivity index (χ2n) is 2.10. The lowest BCUT2D eigenvalue weighted by Crippen LogP contribution is -2.19. The molecule has 0 atom stereocenters. The first-order chi connectivity index (χ1) is 5.29. The standard InChI is InChI=1S/C6H2N3OSi/c10-6-4(11)2-1-3-5(6)8-9-7-3/h1-2H. The topological polar surface area (TPSA) is 54.1 Å². The molecule has 51 valence electrons. The van der Waals surface area contributed by atoms with Crippen molar-refractivity contribution in [2.24, 2.45) is 15.4 Å². The van der Waals surface area contributed by atoms with Gasteiger partial charge in [-0.1, -0.05) is 6.08 Å². The summed E-state index contributed by atoms with van der Waals surface area (Å²) in [6.45, 7) is 0. The molecule has 0 unspecified atom stereocenters. The number of allylic oxidation sites excluding steroid dienone is 4. The average molecular weight is 160 g/mol.